The van der Waals surface area contributed by atoms with Crippen molar-refractivity contribution in [1.82, 2.24) is 15.0 Å². The second kappa shape index (κ2) is 8.21. The molecule has 0 saturated carbocycles. The topological polar surface area (TPSA) is 69.6 Å². The predicted molar refractivity (Wildman–Crippen MR) is 125 cm³/mol. The van der Waals surface area contributed by atoms with E-state index in [0.717, 1.165) is 55.9 Å². The van der Waals surface area contributed by atoms with Gasteiger partial charge < -0.3 is 19.1 Å². The van der Waals surface area contributed by atoms with E-state index in [9.17, 15) is 0 Å². The quantitative estimate of drug-likeness (QED) is 0.495. The van der Waals surface area contributed by atoms with E-state index in [1.54, 1.807) is 26.5 Å². The van der Waals surface area contributed by atoms with Gasteiger partial charge in [0.25, 0.3) is 0 Å². The minimum absolute atomic E-state index is 0.182. The summed E-state index contributed by atoms with van der Waals surface area (Å²) in [6, 6.07) is 3.60. The fraction of sp³-hybridized carbons (Fsp3) is 0.435. The molecule has 168 valence electrons. The van der Waals surface area contributed by atoms with Crippen molar-refractivity contribution < 1.29 is 14.2 Å². The molecule has 0 N–H and O–H groups in total. The van der Waals surface area contributed by atoms with Crippen LogP contribution in [0, 0.1) is 12.3 Å². The molecule has 0 amide bonds. The SMILES string of the molecule is COc1cc(OC)c(Cl)c(-c2nc(N3CCC4(CCOC4)C3)c3cc(Cl)ncc3n2)c1C. The molecule has 4 heterocycles. The maximum atomic E-state index is 6.74. The zero-order valence-electron chi connectivity index (χ0n) is 18.2. The Morgan fingerprint density at radius 3 is 2.62 bits per heavy atom. The average molecular weight is 475 g/mol. The van der Waals surface area contributed by atoms with Crippen LogP contribution in [-0.2, 0) is 4.74 Å². The van der Waals surface area contributed by atoms with Crippen molar-refractivity contribution in [3.05, 3.63) is 34.1 Å². The summed E-state index contributed by atoms with van der Waals surface area (Å²) in [5.74, 6) is 2.49. The van der Waals surface area contributed by atoms with E-state index in [4.69, 9.17) is 47.4 Å². The number of fused-ring (bicyclic) bond motifs is 1. The van der Waals surface area contributed by atoms with Gasteiger partial charge in [-0.3, -0.25) is 0 Å². The van der Waals surface area contributed by atoms with Crippen LogP contribution in [0.1, 0.15) is 18.4 Å². The second-order valence-corrected chi connectivity index (χ2v) is 9.23. The first-order valence-corrected chi connectivity index (χ1v) is 11.3. The van der Waals surface area contributed by atoms with Crippen molar-refractivity contribution >= 4 is 39.9 Å². The van der Waals surface area contributed by atoms with E-state index < -0.39 is 0 Å². The molecule has 32 heavy (non-hydrogen) atoms. The summed E-state index contributed by atoms with van der Waals surface area (Å²) in [6.45, 7) is 5.32. The first kappa shape index (κ1) is 21.5. The van der Waals surface area contributed by atoms with Crippen LogP contribution in [0.4, 0.5) is 5.82 Å². The Balaban J connectivity index is 1.71. The Labute approximate surface area is 196 Å². The second-order valence-electron chi connectivity index (χ2n) is 8.46. The van der Waals surface area contributed by atoms with Crippen LogP contribution in [0.2, 0.25) is 10.2 Å². The van der Waals surface area contributed by atoms with Crippen molar-refractivity contribution in [3.8, 4) is 22.9 Å². The molecule has 0 aliphatic carbocycles. The van der Waals surface area contributed by atoms with Crippen molar-refractivity contribution in [2.24, 2.45) is 5.41 Å². The highest BCUT2D eigenvalue weighted by atomic mass is 35.5. The molecule has 7 nitrogen and oxygen atoms in total. The number of aromatic nitrogens is 3. The highest BCUT2D eigenvalue weighted by molar-refractivity contribution is 6.35. The number of pyridine rings is 1. The van der Waals surface area contributed by atoms with E-state index in [1.165, 1.54) is 0 Å². The number of halogens is 2. The van der Waals surface area contributed by atoms with E-state index >= 15 is 0 Å². The normalized spacial score (nSPS) is 20.5. The van der Waals surface area contributed by atoms with Gasteiger partial charge in [0.15, 0.2) is 5.82 Å². The molecule has 1 unspecified atom stereocenters. The molecular weight excluding hydrogens is 451 g/mol. The largest absolute Gasteiger partial charge is 0.496 e. The van der Waals surface area contributed by atoms with E-state index in [2.05, 4.69) is 9.88 Å². The summed E-state index contributed by atoms with van der Waals surface area (Å²) < 4.78 is 16.7. The lowest BCUT2D eigenvalue weighted by atomic mass is 9.87. The zero-order chi connectivity index (χ0) is 22.5. The number of hydrogen-bond acceptors (Lipinski definition) is 7. The Bertz CT molecular complexity index is 1170. The standard InChI is InChI=1S/C23H24Cl2N4O3/c1-13-16(30-2)9-17(31-3)20(25)19(13)21-27-15-10-26-18(24)8-14(15)22(28-21)29-6-4-23(11-29)5-7-32-12-23/h8-10H,4-7,11-12H2,1-3H3. The Morgan fingerprint density at radius 2 is 1.91 bits per heavy atom. The van der Waals surface area contributed by atoms with Gasteiger partial charge in [0.05, 0.1) is 37.6 Å². The molecule has 2 aliphatic rings. The fourth-order valence-corrected chi connectivity index (χ4v) is 5.27. The van der Waals surface area contributed by atoms with Crippen LogP contribution >= 0.6 is 23.2 Å². The lowest BCUT2D eigenvalue weighted by Gasteiger charge is -2.24. The number of rotatable bonds is 4. The number of benzene rings is 1. The molecule has 2 saturated heterocycles. The predicted octanol–water partition coefficient (Wildman–Crippen LogP) is 4.94. The molecule has 2 aromatic heterocycles. The minimum atomic E-state index is 0.182. The minimum Gasteiger partial charge on any atom is -0.496 e. The third-order valence-corrected chi connectivity index (χ3v) is 7.14. The van der Waals surface area contributed by atoms with Gasteiger partial charge in [0.1, 0.15) is 22.5 Å². The van der Waals surface area contributed by atoms with Gasteiger partial charge in [-0.1, -0.05) is 23.2 Å². The summed E-state index contributed by atoms with van der Waals surface area (Å²) >= 11 is 13.0. The summed E-state index contributed by atoms with van der Waals surface area (Å²) in [4.78, 5) is 16.4. The van der Waals surface area contributed by atoms with Crippen LogP contribution < -0.4 is 14.4 Å². The lowest BCUT2D eigenvalue weighted by molar-refractivity contribution is 0.160. The summed E-state index contributed by atoms with van der Waals surface area (Å²) in [7, 11) is 3.19. The highest BCUT2D eigenvalue weighted by Crippen LogP contribution is 2.44. The lowest BCUT2D eigenvalue weighted by Crippen LogP contribution is -2.28. The fourth-order valence-electron chi connectivity index (χ4n) is 4.76. The van der Waals surface area contributed by atoms with E-state index in [1.807, 2.05) is 13.0 Å². The van der Waals surface area contributed by atoms with Crippen LogP contribution in [0.5, 0.6) is 11.5 Å². The molecular formula is C23H24Cl2N4O3. The van der Waals surface area contributed by atoms with Gasteiger partial charge in [0, 0.05) is 47.7 Å². The van der Waals surface area contributed by atoms with Crippen molar-refractivity contribution in [2.45, 2.75) is 19.8 Å². The van der Waals surface area contributed by atoms with Crippen molar-refractivity contribution in [3.63, 3.8) is 0 Å². The van der Waals surface area contributed by atoms with E-state index in [0.29, 0.717) is 38.6 Å². The third-order valence-electron chi connectivity index (χ3n) is 6.56. The van der Waals surface area contributed by atoms with Crippen molar-refractivity contribution in [1.29, 1.82) is 0 Å². The summed E-state index contributed by atoms with van der Waals surface area (Å²) in [5, 5.41) is 1.72. The van der Waals surface area contributed by atoms with Gasteiger partial charge in [-0.25, -0.2) is 15.0 Å². The summed E-state index contributed by atoms with van der Waals surface area (Å²) in [5.41, 5.74) is 2.41. The highest BCUT2D eigenvalue weighted by Gasteiger charge is 2.42. The van der Waals surface area contributed by atoms with Gasteiger partial charge in [0.2, 0.25) is 0 Å². The molecule has 1 atom stereocenters. The van der Waals surface area contributed by atoms with Crippen LogP contribution in [-0.4, -0.2) is 55.5 Å². The molecule has 0 bridgehead atoms. The number of methoxy groups -OCH3 is 2. The smallest absolute Gasteiger partial charge is 0.164 e. The molecule has 5 rings (SSSR count). The van der Waals surface area contributed by atoms with Crippen LogP contribution in [0.3, 0.4) is 0 Å². The third kappa shape index (κ3) is 3.52. The maximum absolute atomic E-state index is 6.74. The zero-order valence-corrected chi connectivity index (χ0v) is 19.8. The number of nitrogens with zero attached hydrogens (tertiary/aromatic N) is 4. The van der Waals surface area contributed by atoms with Crippen molar-refractivity contribution in [2.75, 3.05) is 45.4 Å². The number of anilines is 1. The molecule has 1 spiro atoms. The number of ether oxygens (including phenoxy) is 3. The Kier molecular flexibility index (Phi) is 5.51. The summed E-state index contributed by atoms with van der Waals surface area (Å²) in [6.07, 6.45) is 3.82. The van der Waals surface area contributed by atoms with Gasteiger partial charge >= 0.3 is 0 Å². The molecule has 2 fully saturated rings. The monoisotopic (exact) mass is 474 g/mol. The first-order chi connectivity index (χ1) is 15.4. The van der Waals surface area contributed by atoms with Gasteiger partial charge in [-0.2, -0.15) is 0 Å². The van der Waals surface area contributed by atoms with Gasteiger partial charge in [-0.15, -0.1) is 0 Å². The molecule has 9 heteroatoms. The van der Waals surface area contributed by atoms with Crippen LogP contribution in [0.15, 0.2) is 18.3 Å². The average Bonchev–Trinajstić information content (AvgIpc) is 3.43. The van der Waals surface area contributed by atoms with Crippen LogP contribution in [0.25, 0.3) is 22.3 Å². The Morgan fingerprint density at radius 1 is 1.09 bits per heavy atom. The molecule has 0 radical (unpaired) electrons. The molecule has 3 aromatic rings. The first-order valence-electron chi connectivity index (χ1n) is 10.5. The molecule has 1 aromatic carbocycles. The maximum Gasteiger partial charge on any atom is 0.164 e. The molecule has 2 aliphatic heterocycles. The Hall–Kier alpha value is -2.35. The number of hydrogen-bond donors (Lipinski definition) is 0. The van der Waals surface area contributed by atoms with Gasteiger partial charge in [-0.05, 0) is 25.8 Å². The van der Waals surface area contributed by atoms with E-state index in [-0.39, 0.29) is 5.41 Å².